The van der Waals surface area contributed by atoms with Crippen LogP contribution in [0.5, 0.6) is 0 Å². The number of nitrogens with zero attached hydrogens (tertiary/aromatic N) is 1. The van der Waals surface area contributed by atoms with E-state index >= 15 is 0 Å². The summed E-state index contributed by atoms with van der Waals surface area (Å²) >= 11 is 2.10. The van der Waals surface area contributed by atoms with Crippen molar-refractivity contribution < 1.29 is 0 Å². The largest absolute Gasteiger partial charge is 0.313 e. The Morgan fingerprint density at radius 1 is 1.25 bits per heavy atom. The summed E-state index contributed by atoms with van der Waals surface area (Å²) < 4.78 is 0.573. The fraction of sp³-hybridized carbons (Fsp3) is 1.00. The first kappa shape index (κ1) is 12.7. The molecule has 2 rings (SSSR count). The molecule has 2 nitrogen and oxygen atoms in total. The molecule has 0 unspecified atom stereocenters. The molecular formula is C13H26N2S. The minimum Gasteiger partial charge on any atom is -0.313 e. The van der Waals surface area contributed by atoms with Crippen LogP contribution in [-0.4, -0.2) is 48.6 Å². The molecule has 1 aliphatic heterocycles. The lowest BCUT2D eigenvalue weighted by atomic mass is 10.0. The van der Waals surface area contributed by atoms with Crippen LogP contribution in [0, 0.1) is 0 Å². The third-order valence-corrected chi connectivity index (χ3v) is 5.80. The average molecular weight is 242 g/mol. The molecule has 2 aliphatic rings. The molecule has 94 valence electrons. The van der Waals surface area contributed by atoms with Gasteiger partial charge in [-0.1, -0.05) is 12.8 Å². The number of thioether (sulfide) groups is 1. The topological polar surface area (TPSA) is 15.3 Å². The van der Waals surface area contributed by atoms with Crippen LogP contribution in [0.25, 0.3) is 0 Å². The van der Waals surface area contributed by atoms with Crippen LogP contribution in [0.4, 0.5) is 0 Å². The van der Waals surface area contributed by atoms with Crippen molar-refractivity contribution in [1.82, 2.24) is 10.2 Å². The predicted octanol–water partition coefficient (Wildman–Crippen LogP) is 2.35. The standard InChI is InChI=1S/C13H26N2S/c1-15-9-5-12(6-10-15)14-11-13(16-2)7-3-4-8-13/h12,14H,3-11H2,1-2H3. The second-order valence-electron chi connectivity index (χ2n) is 5.55. The van der Waals surface area contributed by atoms with Crippen molar-refractivity contribution in [1.29, 1.82) is 0 Å². The maximum absolute atomic E-state index is 3.83. The van der Waals surface area contributed by atoms with Gasteiger partial charge in [0.25, 0.3) is 0 Å². The summed E-state index contributed by atoms with van der Waals surface area (Å²) in [6.07, 6.45) is 10.7. The van der Waals surface area contributed by atoms with Gasteiger partial charge in [-0.15, -0.1) is 0 Å². The lowest BCUT2D eigenvalue weighted by molar-refractivity contribution is 0.232. The molecule has 0 amide bonds. The van der Waals surface area contributed by atoms with Crippen LogP contribution < -0.4 is 5.32 Å². The summed E-state index contributed by atoms with van der Waals surface area (Å²) in [4.78, 5) is 2.44. The lowest BCUT2D eigenvalue weighted by Crippen LogP contribution is -2.45. The highest BCUT2D eigenvalue weighted by molar-refractivity contribution is 8.00. The van der Waals surface area contributed by atoms with Gasteiger partial charge in [-0.2, -0.15) is 11.8 Å². The zero-order valence-corrected chi connectivity index (χ0v) is 11.6. The van der Waals surface area contributed by atoms with E-state index in [4.69, 9.17) is 0 Å². The first-order valence-corrected chi connectivity index (χ1v) is 7.94. The van der Waals surface area contributed by atoms with Crippen LogP contribution in [0.3, 0.4) is 0 Å². The number of nitrogens with one attached hydrogen (secondary N) is 1. The van der Waals surface area contributed by atoms with Gasteiger partial charge in [0.2, 0.25) is 0 Å². The molecule has 16 heavy (non-hydrogen) atoms. The summed E-state index contributed by atoms with van der Waals surface area (Å²) in [5, 5.41) is 3.83. The summed E-state index contributed by atoms with van der Waals surface area (Å²) in [5.74, 6) is 0. The zero-order chi connectivity index (χ0) is 11.4. The predicted molar refractivity (Wildman–Crippen MR) is 73.2 cm³/mol. The number of rotatable bonds is 4. The van der Waals surface area contributed by atoms with E-state index in [1.165, 1.54) is 58.2 Å². The van der Waals surface area contributed by atoms with E-state index in [2.05, 4.69) is 35.3 Å². The van der Waals surface area contributed by atoms with E-state index in [-0.39, 0.29) is 0 Å². The summed E-state index contributed by atoms with van der Waals surface area (Å²) in [6.45, 7) is 3.77. The molecule has 2 fully saturated rings. The molecule has 0 spiro atoms. The molecular weight excluding hydrogens is 216 g/mol. The van der Waals surface area contributed by atoms with E-state index in [1.807, 2.05) is 0 Å². The first-order chi connectivity index (χ1) is 7.74. The van der Waals surface area contributed by atoms with E-state index in [0.29, 0.717) is 4.75 Å². The Balaban J connectivity index is 1.73. The van der Waals surface area contributed by atoms with Crippen molar-refractivity contribution in [3.05, 3.63) is 0 Å². The van der Waals surface area contributed by atoms with Crippen LogP contribution in [-0.2, 0) is 0 Å². The van der Waals surface area contributed by atoms with E-state index in [1.54, 1.807) is 0 Å². The molecule has 3 heteroatoms. The second kappa shape index (κ2) is 5.74. The van der Waals surface area contributed by atoms with Crippen LogP contribution >= 0.6 is 11.8 Å². The molecule has 0 aromatic rings. The Morgan fingerprint density at radius 2 is 1.88 bits per heavy atom. The van der Waals surface area contributed by atoms with Gasteiger partial charge in [0.05, 0.1) is 0 Å². The third kappa shape index (κ3) is 3.14. The molecule has 1 saturated carbocycles. The van der Waals surface area contributed by atoms with Gasteiger partial charge < -0.3 is 10.2 Å². The summed E-state index contributed by atoms with van der Waals surface area (Å²) in [7, 11) is 2.23. The molecule has 0 bridgehead atoms. The molecule has 0 aromatic heterocycles. The van der Waals surface area contributed by atoms with Crippen LogP contribution in [0.15, 0.2) is 0 Å². The highest BCUT2D eigenvalue weighted by Crippen LogP contribution is 2.39. The van der Waals surface area contributed by atoms with Gasteiger partial charge in [0.15, 0.2) is 0 Å². The van der Waals surface area contributed by atoms with Gasteiger partial charge in [-0.05, 0) is 52.1 Å². The fourth-order valence-corrected chi connectivity index (χ4v) is 3.94. The molecule has 1 aliphatic carbocycles. The minimum absolute atomic E-state index is 0.573. The van der Waals surface area contributed by atoms with Crippen molar-refractivity contribution in [2.24, 2.45) is 0 Å². The monoisotopic (exact) mass is 242 g/mol. The van der Waals surface area contributed by atoms with Crippen molar-refractivity contribution in [2.45, 2.75) is 49.3 Å². The normalized spacial score (nSPS) is 27.4. The highest BCUT2D eigenvalue weighted by Gasteiger charge is 2.33. The third-order valence-electron chi connectivity index (χ3n) is 4.38. The van der Waals surface area contributed by atoms with Gasteiger partial charge in [0, 0.05) is 17.3 Å². The maximum Gasteiger partial charge on any atom is 0.0281 e. The Labute approximate surface area is 105 Å². The molecule has 0 radical (unpaired) electrons. The smallest absolute Gasteiger partial charge is 0.0281 e. The van der Waals surface area contributed by atoms with E-state index < -0.39 is 0 Å². The molecule has 1 heterocycles. The average Bonchev–Trinajstić information content (AvgIpc) is 2.78. The number of hydrogen-bond acceptors (Lipinski definition) is 3. The zero-order valence-electron chi connectivity index (χ0n) is 10.8. The molecule has 0 atom stereocenters. The van der Waals surface area contributed by atoms with Gasteiger partial charge in [-0.3, -0.25) is 0 Å². The minimum atomic E-state index is 0.573. The Hall–Kier alpha value is 0.270. The van der Waals surface area contributed by atoms with Crippen molar-refractivity contribution in [3.63, 3.8) is 0 Å². The van der Waals surface area contributed by atoms with Gasteiger partial charge in [0.1, 0.15) is 0 Å². The van der Waals surface area contributed by atoms with Crippen molar-refractivity contribution in [2.75, 3.05) is 32.9 Å². The maximum atomic E-state index is 3.83. The van der Waals surface area contributed by atoms with E-state index in [9.17, 15) is 0 Å². The van der Waals surface area contributed by atoms with Crippen LogP contribution in [0.1, 0.15) is 38.5 Å². The summed E-state index contributed by atoms with van der Waals surface area (Å²) in [5.41, 5.74) is 0. The SMILES string of the molecule is CSC1(CNC2CCN(C)CC2)CCCC1. The highest BCUT2D eigenvalue weighted by atomic mass is 32.2. The number of hydrogen-bond donors (Lipinski definition) is 1. The van der Waals surface area contributed by atoms with Gasteiger partial charge >= 0.3 is 0 Å². The van der Waals surface area contributed by atoms with Gasteiger partial charge in [-0.25, -0.2) is 0 Å². The Morgan fingerprint density at radius 3 is 2.44 bits per heavy atom. The van der Waals surface area contributed by atoms with Crippen LogP contribution in [0.2, 0.25) is 0 Å². The van der Waals surface area contributed by atoms with Crippen molar-refractivity contribution >= 4 is 11.8 Å². The Bertz CT molecular complexity index is 206. The fourth-order valence-electron chi connectivity index (χ4n) is 3.02. The first-order valence-electron chi connectivity index (χ1n) is 6.71. The number of likely N-dealkylation sites (tertiary alicyclic amines) is 1. The molecule has 0 aromatic carbocycles. The summed E-state index contributed by atoms with van der Waals surface area (Å²) in [6, 6.07) is 0.779. The second-order valence-corrected chi connectivity index (χ2v) is 6.83. The van der Waals surface area contributed by atoms with E-state index in [0.717, 1.165) is 6.04 Å². The molecule has 1 saturated heterocycles. The lowest BCUT2D eigenvalue weighted by Gasteiger charge is -2.34. The number of piperidine rings is 1. The quantitative estimate of drug-likeness (QED) is 0.815. The Kier molecular flexibility index (Phi) is 4.57. The molecule has 1 N–H and O–H groups in total. The van der Waals surface area contributed by atoms with Crippen molar-refractivity contribution in [3.8, 4) is 0 Å².